The van der Waals surface area contributed by atoms with Crippen LogP contribution in [0.2, 0.25) is 0 Å². The lowest BCUT2D eigenvalue weighted by molar-refractivity contribution is 0.612. The van der Waals surface area contributed by atoms with Crippen molar-refractivity contribution in [3.8, 4) is 11.8 Å². The second-order valence-corrected chi connectivity index (χ2v) is 3.58. The van der Waals surface area contributed by atoms with Gasteiger partial charge in [-0.2, -0.15) is 0 Å². The Hall–Kier alpha value is -1.29. The summed E-state index contributed by atoms with van der Waals surface area (Å²) in [6, 6.07) is 5.04. The normalized spacial score (nSPS) is 8.94. The lowest BCUT2D eigenvalue weighted by atomic mass is 10.1. The van der Waals surface area contributed by atoms with Crippen molar-refractivity contribution in [3.63, 3.8) is 0 Å². The van der Waals surface area contributed by atoms with Gasteiger partial charge >= 0.3 is 0 Å². The van der Waals surface area contributed by atoms with Crippen molar-refractivity contribution in [1.29, 1.82) is 0 Å². The lowest BCUT2D eigenvalue weighted by Gasteiger charge is -1.99. The third-order valence-corrected chi connectivity index (χ3v) is 1.93. The fraction of sp³-hybridized carbons (Fsp3) is 0.467. The molecule has 0 N–H and O–H groups in total. The molecule has 1 aromatic rings. The molecule has 88 valence electrons. The number of benzene rings is 1. The minimum absolute atomic E-state index is 0.136. The molecule has 0 bridgehead atoms. The predicted molar refractivity (Wildman–Crippen MR) is 68.8 cm³/mol. The van der Waals surface area contributed by atoms with Gasteiger partial charge in [0.2, 0.25) is 0 Å². The Morgan fingerprint density at radius 2 is 1.88 bits per heavy atom. The molecule has 1 rings (SSSR count). The van der Waals surface area contributed by atoms with E-state index >= 15 is 0 Å². The predicted octanol–water partition coefficient (Wildman–Crippen LogP) is 4.42. The van der Waals surface area contributed by atoms with Crippen LogP contribution in [0.1, 0.15) is 45.7 Å². The molecule has 0 heterocycles. The summed E-state index contributed by atoms with van der Waals surface area (Å²) in [6.07, 6.45) is 0.711. The van der Waals surface area contributed by atoms with Gasteiger partial charge in [-0.1, -0.05) is 46.5 Å². The third kappa shape index (κ3) is 4.98. The van der Waals surface area contributed by atoms with Gasteiger partial charge in [-0.15, -0.1) is 0 Å². The smallest absolute Gasteiger partial charge is 0.126 e. The van der Waals surface area contributed by atoms with E-state index in [1.165, 1.54) is 6.07 Å². The Kier molecular flexibility index (Phi) is 7.29. The monoisotopic (exact) mass is 220 g/mol. The van der Waals surface area contributed by atoms with E-state index in [0.717, 1.165) is 11.1 Å². The third-order valence-electron chi connectivity index (χ3n) is 1.93. The second kappa shape index (κ2) is 7.93. The van der Waals surface area contributed by atoms with Crippen molar-refractivity contribution in [3.05, 3.63) is 35.1 Å². The van der Waals surface area contributed by atoms with Gasteiger partial charge in [0.15, 0.2) is 0 Å². The standard InChI is InChI=1S/C13H15F.C2H6/c1-4-12-9-11(6-5-10(2)3)7-8-13(12)14;1-2/h7-10H,4H2,1-3H3;1-2H3. The van der Waals surface area contributed by atoms with Crippen molar-refractivity contribution >= 4 is 0 Å². The topological polar surface area (TPSA) is 0 Å². The highest BCUT2D eigenvalue weighted by Crippen LogP contribution is 2.10. The Labute approximate surface area is 98.9 Å². The van der Waals surface area contributed by atoms with Gasteiger partial charge in [-0.25, -0.2) is 4.39 Å². The van der Waals surface area contributed by atoms with Crippen molar-refractivity contribution in [2.75, 3.05) is 0 Å². The van der Waals surface area contributed by atoms with Crippen molar-refractivity contribution < 1.29 is 4.39 Å². The van der Waals surface area contributed by atoms with Crippen LogP contribution in [0.25, 0.3) is 0 Å². The van der Waals surface area contributed by atoms with E-state index in [2.05, 4.69) is 11.8 Å². The van der Waals surface area contributed by atoms with Gasteiger partial charge in [0.25, 0.3) is 0 Å². The van der Waals surface area contributed by atoms with Crippen LogP contribution in [0.4, 0.5) is 4.39 Å². The van der Waals surface area contributed by atoms with Gasteiger partial charge < -0.3 is 0 Å². The van der Waals surface area contributed by atoms with Crippen LogP contribution in [-0.4, -0.2) is 0 Å². The van der Waals surface area contributed by atoms with Crippen LogP contribution in [-0.2, 0) is 6.42 Å². The minimum atomic E-state index is -0.136. The molecule has 1 heteroatoms. The Balaban J connectivity index is 0.00000106. The Morgan fingerprint density at radius 3 is 2.38 bits per heavy atom. The van der Waals surface area contributed by atoms with Gasteiger partial charge in [-0.3, -0.25) is 0 Å². The maximum absolute atomic E-state index is 13.1. The first kappa shape index (κ1) is 14.7. The highest BCUT2D eigenvalue weighted by Gasteiger charge is 1.99. The lowest BCUT2D eigenvalue weighted by Crippen LogP contribution is -1.89. The average molecular weight is 220 g/mol. The van der Waals surface area contributed by atoms with Gasteiger partial charge in [0, 0.05) is 11.5 Å². The number of rotatable bonds is 1. The summed E-state index contributed by atoms with van der Waals surface area (Å²) in [4.78, 5) is 0. The SMILES string of the molecule is CC.CCc1cc(C#CC(C)C)ccc1F. The molecule has 0 fully saturated rings. The van der Waals surface area contributed by atoms with Crippen LogP contribution in [0, 0.1) is 23.6 Å². The summed E-state index contributed by atoms with van der Waals surface area (Å²) in [6.45, 7) is 10.0. The molecule has 0 radical (unpaired) electrons. The average Bonchev–Trinajstić information content (AvgIpc) is 2.30. The molecular weight excluding hydrogens is 199 g/mol. The van der Waals surface area contributed by atoms with E-state index in [0.29, 0.717) is 12.3 Å². The number of aryl methyl sites for hydroxylation is 1. The van der Waals surface area contributed by atoms with Crippen LogP contribution in [0.3, 0.4) is 0 Å². The summed E-state index contributed by atoms with van der Waals surface area (Å²) >= 11 is 0. The highest BCUT2D eigenvalue weighted by atomic mass is 19.1. The zero-order valence-corrected chi connectivity index (χ0v) is 10.9. The second-order valence-electron chi connectivity index (χ2n) is 3.58. The largest absolute Gasteiger partial charge is 0.207 e. The number of halogens is 1. The molecule has 0 saturated carbocycles. The van der Waals surface area contributed by atoms with E-state index in [4.69, 9.17) is 0 Å². The quantitative estimate of drug-likeness (QED) is 0.614. The van der Waals surface area contributed by atoms with Gasteiger partial charge in [0.1, 0.15) is 5.82 Å². The molecule has 0 saturated heterocycles. The molecule has 0 unspecified atom stereocenters. The van der Waals surface area contributed by atoms with E-state index in [9.17, 15) is 4.39 Å². The molecule has 0 aliphatic heterocycles. The van der Waals surface area contributed by atoms with Crippen molar-refractivity contribution in [2.24, 2.45) is 5.92 Å². The minimum Gasteiger partial charge on any atom is -0.207 e. The maximum Gasteiger partial charge on any atom is 0.126 e. The van der Waals surface area contributed by atoms with E-state index in [1.54, 1.807) is 6.07 Å². The van der Waals surface area contributed by atoms with Crippen molar-refractivity contribution in [2.45, 2.75) is 41.0 Å². The molecule has 0 amide bonds. The Bertz CT molecular complexity index is 367. The fourth-order valence-electron chi connectivity index (χ4n) is 1.15. The summed E-state index contributed by atoms with van der Waals surface area (Å²) in [5, 5.41) is 0. The molecule has 1 aromatic carbocycles. The molecule has 0 aliphatic rings. The molecule has 0 spiro atoms. The molecule has 0 aliphatic carbocycles. The molecular formula is C15H21F. The van der Waals surface area contributed by atoms with Crippen LogP contribution < -0.4 is 0 Å². The van der Waals surface area contributed by atoms with Crippen LogP contribution in [0.15, 0.2) is 18.2 Å². The zero-order valence-electron chi connectivity index (χ0n) is 10.9. The first-order chi connectivity index (χ1) is 7.63. The fourth-order valence-corrected chi connectivity index (χ4v) is 1.15. The van der Waals surface area contributed by atoms with Gasteiger partial charge in [-0.05, 0) is 30.2 Å². The number of hydrogen-bond acceptors (Lipinski definition) is 0. The van der Waals surface area contributed by atoms with E-state index in [1.807, 2.05) is 40.7 Å². The summed E-state index contributed by atoms with van der Waals surface area (Å²) in [5.41, 5.74) is 1.64. The highest BCUT2D eigenvalue weighted by molar-refractivity contribution is 5.38. The molecule has 0 aromatic heterocycles. The van der Waals surface area contributed by atoms with E-state index < -0.39 is 0 Å². The first-order valence-corrected chi connectivity index (χ1v) is 5.93. The first-order valence-electron chi connectivity index (χ1n) is 5.93. The maximum atomic E-state index is 13.1. The summed E-state index contributed by atoms with van der Waals surface area (Å²) in [5.74, 6) is 6.30. The van der Waals surface area contributed by atoms with Crippen LogP contribution in [0.5, 0.6) is 0 Å². The van der Waals surface area contributed by atoms with Gasteiger partial charge in [0.05, 0.1) is 0 Å². The summed E-state index contributed by atoms with van der Waals surface area (Å²) < 4.78 is 13.1. The van der Waals surface area contributed by atoms with E-state index in [-0.39, 0.29) is 5.82 Å². The molecule has 0 atom stereocenters. The summed E-state index contributed by atoms with van der Waals surface area (Å²) in [7, 11) is 0. The number of hydrogen-bond donors (Lipinski definition) is 0. The molecule has 0 nitrogen and oxygen atoms in total. The van der Waals surface area contributed by atoms with Crippen molar-refractivity contribution in [1.82, 2.24) is 0 Å². The van der Waals surface area contributed by atoms with Crippen LogP contribution >= 0.6 is 0 Å². The zero-order chi connectivity index (χ0) is 12.6. The molecule has 16 heavy (non-hydrogen) atoms. The Morgan fingerprint density at radius 1 is 1.25 bits per heavy atom.